The normalized spacial score (nSPS) is 23.0. The van der Waals surface area contributed by atoms with Crippen molar-refractivity contribution in [3.63, 3.8) is 0 Å². The monoisotopic (exact) mass is 300 g/mol. The van der Waals surface area contributed by atoms with E-state index < -0.39 is 11.7 Å². The van der Waals surface area contributed by atoms with Crippen molar-refractivity contribution < 1.29 is 18.0 Å². The van der Waals surface area contributed by atoms with Gasteiger partial charge < -0.3 is 11.1 Å². The molecule has 116 valence electrons. The van der Waals surface area contributed by atoms with Gasteiger partial charge in [-0.25, -0.2) is 0 Å². The average molecular weight is 300 g/mol. The highest BCUT2D eigenvalue weighted by atomic mass is 19.4. The number of primary amides is 1. The van der Waals surface area contributed by atoms with Gasteiger partial charge in [-0.2, -0.15) is 13.2 Å². The Hall–Kier alpha value is -1.56. The minimum atomic E-state index is -4.31. The van der Waals surface area contributed by atoms with Gasteiger partial charge in [0.15, 0.2) is 0 Å². The highest BCUT2D eigenvalue weighted by molar-refractivity contribution is 5.76. The summed E-state index contributed by atoms with van der Waals surface area (Å²) in [7, 11) is 0. The number of hydrogen-bond acceptors (Lipinski definition) is 2. The smallest absolute Gasteiger partial charge is 0.369 e. The van der Waals surface area contributed by atoms with Gasteiger partial charge in [-0.1, -0.05) is 18.2 Å². The average Bonchev–Trinajstić information content (AvgIpc) is 2.45. The molecule has 0 unspecified atom stereocenters. The summed E-state index contributed by atoms with van der Waals surface area (Å²) in [6, 6.07) is 5.57. The van der Waals surface area contributed by atoms with Crippen LogP contribution in [0.3, 0.4) is 0 Å². The van der Waals surface area contributed by atoms with Crippen LogP contribution in [0, 0.1) is 5.92 Å². The molecule has 21 heavy (non-hydrogen) atoms. The second kappa shape index (κ2) is 6.47. The van der Waals surface area contributed by atoms with Crippen molar-refractivity contribution in [1.82, 2.24) is 5.32 Å². The number of amides is 1. The summed E-state index contributed by atoms with van der Waals surface area (Å²) < 4.78 is 37.9. The molecular weight excluding hydrogens is 281 g/mol. The first-order chi connectivity index (χ1) is 9.86. The molecule has 0 heterocycles. The molecule has 1 aliphatic carbocycles. The van der Waals surface area contributed by atoms with Crippen LogP contribution in [0.4, 0.5) is 13.2 Å². The van der Waals surface area contributed by atoms with Crippen LogP contribution in [-0.4, -0.2) is 11.9 Å². The third-order valence-corrected chi connectivity index (χ3v) is 3.98. The second-order valence-corrected chi connectivity index (χ2v) is 5.53. The maximum Gasteiger partial charge on any atom is 0.416 e. The maximum atomic E-state index is 12.6. The fourth-order valence-corrected chi connectivity index (χ4v) is 2.70. The maximum absolute atomic E-state index is 12.6. The third kappa shape index (κ3) is 4.46. The molecule has 1 aromatic carbocycles. The summed E-state index contributed by atoms with van der Waals surface area (Å²) in [5.74, 6) is -0.317. The Morgan fingerprint density at radius 2 is 1.90 bits per heavy atom. The molecule has 3 nitrogen and oxygen atoms in total. The number of benzene rings is 1. The molecule has 0 saturated heterocycles. The van der Waals surface area contributed by atoms with E-state index in [0.29, 0.717) is 12.1 Å². The van der Waals surface area contributed by atoms with Gasteiger partial charge in [-0.05, 0) is 37.3 Å². The quantitative estimate of drug-likeness (QED) is 0.898. The van der Waals surface area contributed by atoms with E-state index in [1.165, 1.54) is 12.1 Å². The molecule has 1 aromatic rings. The first-order valence-corrected chi connectivity index (χ1v) is 7.05. The Labute approximate surface area is 121 Å². The number of halogens is 3. The van der Waals surface area contributed by atoms with E-state index in [0.717, 1.165) is 31.7 Å². The SMILES string of the molecule is NC(=O)C1CCC(NCc2cccc(C(F)(F)F)c2)CC1. The number of carbonyl (C=O) groups is 1. The predicted molar refractivity (Wildman–Crippen MR) is 73.2 cm³/mol. The van der Waals surface area contributed by atoms with E-state index in [9.17, 15) is 18.0 Å². The topological polar surface area (TPSA) is 55.1 Å². The minimum Gasteiger partial charge on any atom is -0.369 e. The van der Waals surface area contributed by atoms with Gasteiger partial charge >= 0.3 is 6.18 Å². The van der Waals surface area contributed by atoms with Crippen molar-refractivity contribution >= 4 is 5.91 Å². The van der Waals surface area contributed by atoms with Crippen molar-refractivity contribution in [2.24, 2.45) is 11.7 Å². The first kappa shape index (κ1) is 15.8. The molecule has 0 radical (unpaired) electrons. The number of rotatable bonds is 4. The van der Waals surface area contributed by atoms with Crippen LogP contribution in [0.2, 0.25) is 0 Å². The van der Waals surface area contributed by atoms with Crippen molar-refractivity contribution in [2.45, 2.75) is 44.4 Å². The number of hydrogen-bond donors (Lipinski definition) is 2. The molecule has 0 spiro atoms. The van der Waals surface area contributed by atoms with Crippen LogP contribution < -0.4 is 11.1 Å². The summed E-state index contributed by atoms with van der Waals surface area (Å²) in [5.41, 5.74) is 5.26. The highest BCUT2D eigenvalue weighted by Gasteiger charge is 2.30. The van der Waals surface area contributed by atoms with Crippen molar-refractivity contribution in [2.75, 3.05) is 0 Å². The van der Waals surface area contributed by atoms with Crippen LogP contribution in [0.5, 0.6) is 0 Å². The largest absolute Gasteiger partial charge is 0.416 e. The Balaban J connectivity index is 1.85. The molecule has 1 saturated carbocycles. The molecule has 0 bridgehead atoms. The lowest BCUT2D eigenvalue weighted by Gasteiger charge is -2.27. The standard InChI is InChI=1S/C15H19F3N2O/c16-15(17,18)12-3-1-2-10(8-12)9-20-13-6-4-11(5-7-13)14(19)21/h1-3,8,11,13,20H,4-7,9H2,(H2,19,21). The summed E-state index contributed by atoms with van der Waals surface area (Å²) in [6.45, 7) is 0.399. The van der Waals surface area contributed by atoms with Crippen molar-refractivity contribution in [3.05, 3.63) is 35.4 Å². The van der Waals surface area contributed by atoms with Crippen LogP contribution >= 0.6 is 0 Å². The summed E-state index contributed by atoms with van der Waals surface area (Å²) in [6.07, 6.45) is -1.17. The van der Waals surface area contributed by atoms with Gasteiger partial charge in [0, 0.05) is 18.5 Å². The zero-order valence-corrected chi connectivity index (χ0v) is 11.6. The Bertz CT molecular complexity index is 494. The van der Waals surface area contributed by atoms with Crippen LogP contribution in [0.1, 0.15) is 36.8 Å². The lowest BCUT2D eigenvalue weighted by molar-refractivity contribution is -0.137. The summed E-state index contributed by atoms with van der Waals surface area (Å²) in [5, 5.41) is 3.26. The fourth-order valence-electron chi connectivity index (χ4n) is 2.70. The molecule has 3 N–H and O–H groups in total. The van der Waals surface area contributed by atoms with E-state index in [1.807, 2.05) is 0 Å². The van der Waals surface area contributed by atoms with E-state index in [4.69, 9.17) is 5.73 Å². The van der Waals surface area contributed by atoms with Crippen LogP contribution in [-0.2, 0) is 17.5 Å². The molecule has 2 rings (SSSR count). The van der Waals surface area contributed by atoms with Crippen LogP contribution in [0.25, 0.3) is 0 Å². The van der Waals surface area contributed by atoms with Crippen LogP contribution in [0.15, 0.2) is 24.3 Å². The number of nitrogens with one attached hydrogen (secondary N) is 1. The number of alkyl halides is 3. The Morgan fingerprint density at radius 3 is 2.48 bits per heavy atom. The second-order valence-electron chi connectivity index (χ2n) is 5.53. The zero-order chi connectivity index (χ0) is 15.5. The van der Waals surface area contributed by atoms with Gasteiger partial charge in [0.05, 0.1) is 5.56 Å². The van der Waals surface area contributed by atoms with E-state index >= 15 is 0 Å². The van der Waals surface area contributed by atoms with Gasteiger partial charge in [0.2, 0.25) is 5.91 Å². The molecule has 0 atom stereocenters. The van der Waals surface area contributed by atoms with Gasteiger partial charge in [-0.3, -0.25) is 4.79 Å². The van der Waals surface area contributed by atoms with Gasteiger partial charge in [0.1, 0.15) is 0 Å². The predicted octanol–water partition coefficient (Wildman–Crippen LogP) is 2.84. The molecule has 1 fully saturated rings. The van der Waals surface area contributed by atoms with Gasteiger partial charge in [-0.15, -0.1) is 0 Å². The third-order valence-electron chi connectivity index (χ3n) is 3.98. The molecule has 6 heteroatoms. The lowest BCUT2D eigenvalue weighted by atomic mass is 9.85. The molecule has 1 aliphatic rings. The Morgan fingerprint density at radius 1 is 1.24 bits per heavy atom. The minimum absolute atomic E-state index is 0.0587. The lowest BCUT2D eigenvalue weighted by Crippen LogP contribution is -2.36. The molecule has 0 aliphatic heterocycles. The Kier molecular flexibility index (Phi) is 4.88. The van der Waals surface area contributed by atoms with Gasteiger partial charge in [0.25, 0.3) is 0 Å². The summed E-state index contributed by atoms with van der Waals surface area (Å²) in [4.78, 5) is 11.1. The number of carbonyl (C=O) groups excluding carboxylic acids is 1. The first-order valence-electron chi connectivity index (χ1n) is 7.05. The van der Waals surface area contributed by atoms with E-state index in [-0.39, 0.29) is 17.9 Å². The van der Waals surface area contributed by atoms with Crippen molar-refractivity contribution in [1.29, 1.82) is 0 Å². The van der Waals surface area contributed by atoms with E-state index in [2.05, 4.69) is 5.32 Å². The summed E-state index contributed by atoms with van der Waals surface area (Å²) >= 11 is 0. The zero-order valence-electron chi connectivity index (χ0n) is 11.6. The van der Waals surface area contributed by atoms with Crippen molar-refractivity contribution in [3.8, 4) is 0 Å². The number of nitrogens with two attached hydrogens (primary N) is 1. The van der Waals surface area contributed by atoms with E-state index in [1.54, 1.807) is 6.07 Å². The fraction of sp³-hybridized carbons (Fsp3) is 0.533. The highest BCUT2D eigenvalue weighted by Crippen LogP contribution is 2.29. The molecular formula is C15H19F3N2O. The molecule has 1 amide bonds. The molecule has 0 aromatic heterocycles.